The van der Waals surface area contributed by atoms with Gasteiger partial charge in [-0.05, 0) is 31.9 Å². The zero-order valence-electron chi connectivity index (χ0n) is 10.5. The van der Waals surface area contributed by atoms with Crippen LogP contribution in [0.15, 0.2) is 22.8 Å². The molecular weight excluding hydrogens is 238 g/mol. The van der Waals surface area contributed by atoms with Crippen molar-refractivity contribution in [3.63, 3.8) is 0 Å². The SMILES string of the molecule is CCC(C)(CCCl)NC(=O)CCc1ccco1. The third kappa shape index (κ3) is 4.82. The van der Waals surface area contributed by atoms with Crippen LogP contribution in [0.5, 0.6) is 0 Å². The van der Waals surface area contributed by atoms with Crippen LogP contribution < -0.4 is 5.32 Å². The fourth-order valence-corrected chi connectivity index (χ4v) is 2.04. The molecule has 0 saturated heterocycles. The number of furan rings is 1. The molecule has 0 aliphatic rings. The molecule has 0 bridgehead atoms. The first kappa shape index (κ1) is 14.1. The van der Waals surface area contributed by atoms with Crippen molar-refractivity contribution in [3.8, 4) is 0 Å². The molecule has 1 rings (SSSR count). The second-order valence-corrected chi connectivity index (χ2v) is 4.86. The number of carbonyl (C=O) groups excluding carboxylic acids is 1. The van der Waals surface area contributed by atoms with Gasteiger partial charge in [-0.15, -0.1) is 11.6 Å². The van der Waals surface area contributed by atoms with Crippen LogP contribution in [0.4, 0.5) is 0 Å². The van der Waals surface area contributed by atoms with Gasteiger partial charge < -0.3 is 9.73 Å². The maximum atomic E-state index is 11.8. The van der Waals surface area contributed by atoms with Crippen molar-refractivity contribution in [1.29, 1.82) is 0 Å². The Morgan fingerprint density at radius 2 is 2.35 bits per heavy atom. The minimum atomic E-state index is -0.192. The second kappa shape index (κ2) is 6.70. The summed E-state index contributed by atoms with van der Waals surface area (Å²) < 4.78 is 5.19. The molecule has 3 nitrogen and oxygen atoms in total. The number of halogens is 1. The Morgan fingerprint density at radius 3 is 2.88 bits per heavy atom. The van der Waals surface area contributed by atoms with E-state index in [1.807, 2.05) is 19.1 Å². The zero-order chi connectivity index (χ0) is 12.7. The summed E-state index contributed by atoms with van der Waals surface area (Å²) in [4.78, 5) is 11.8. The van der Waals surface area contributed by atoms with E-state index in [9.17, 15) is 4.79 Å². The standard InChI is InChI=1S/C13H20ClNO2/c1-3-13(2,8-9-14)15-12(16)7-6-11-5-4-10-17-11/h4-5,10H,3,6-9H2,1-2H3,(H,15,16). The van der Waals surface area contributed by atoms with Crippen LogP contribution in [0.2, 0.25) is 0 Å². The molecule has 1 aromatic heterocycles. The van der Waals surface area contributed by atoms with Gasteiger partial charge >= 0.3 is 0 Å². The van der Waals surface area contributed by atoms with Crippen LogP contribution in [0.25, 0.3) is 0 Å². The molecule has 17 heavy (non-hydrogen) atoms. The maximum absolute atomic E-state index is 11.8. The first-order chi connectivity index (χ1) is 8.09. The number of aryl methyl sites for hydroxylation is 1. The van der Waals surface area contributed by atoms with Gasteiger partial charge in [0, 0.05) is 24.3 Å². The summed E-state index contributed by atoms with van der Waals surface area (Å²) in [7, 11) is 0. The Bertz CT molecular complexity index is 337. The van der Waals surface area contributed by atoms with Crippen molar-refractivity contribution in [1.82, 2.24) is 5.32 Å². The first-order valence-corrected chi connectivity index (χ1v) is 6.52. The first-order valence-electron chi connectivity index (χ1n) is 5.99. The van der Waals surface area contributed by atoms with Crippen LogP contribution in [0.3, 0.4) is 0 Å². The highest BCUT2D eigenvalue weighted by molar-refractivity contribution is 6.17. The van der Waals surface area contributed by atoms with Crippen molar-refractivity contribution >= 4 is 17.5 Å². The van der Waals surface area contributed by atoms with E-state index in [1.54, 1.807) is 6.26 Å². The van der Waals surface area contributed by atoms with Gasteiger partial charge in [0.2, 0.25) is 5.91 Å². The number of nitrogens with one attached hydrogen (secondary N) is 1. The molecule has 1 aromatic rings. The van der Waals surface area contributed by atoms with Crippen molar-refractivity contribution in [2.75, 3.05) is 5.88 Å². The van der Waals surface area contributed by atoms with Gasteiger partial charge in [-0.2, -0.15) is 0 Å². The molecule has 0 aliphatic heterocycles. The predicted octanol–water partition coefficient (Wildman–Crippen LogP) is 3.13. The third-order valence-corrected chi connectivity index (χ3v) is 3.24. The molecule has 1 heterocycles. The minimum Gasteiger partial charge on any atom is -0.469 e. The van der Waals surface area contributed by atoms with Gasteiger partial charge in [0.25, 0.3) is 0 Å². The number of carbonyl (C=O) groups is 1. The summed E-state index contributed by atoms with van der Waals surface area (Å²) >= 11 is 5.74. The topological polar surface area (TPSA) is 42.2 Å². The summed E-state index contributed by atoms with van der Waals surface area (Å²) in [6, 6.07) is 3.71. The van der Waals surface area contributed by atoms with Gasteiger partial charge in [0.05, 0.1) is 6.26 Å². The van der Waals surface area contributed by atoms with Gasteiger partial charge in [0.1, 0.15) is 5.76 Å². The normalized spacial score (nSPS) is 14.3. The molecule has 96 valence electrons. The highest BCUT2D eigenvalue weighted by Crippen LogP contribution is 2.15. The van der Waals surface area contributed by atoms with Crippen LogP contribution in [-0.4, -0.2) is 17.3 Å². The summed E-state index contributed by atoms with van der Waals surface area (Å²) in [6.45, 7) is 4.08. The van der Waals surface area contributed by atoms with Gasteiger partial charge in [-0.25, -0.2) is 0 Å². The van der Waals surface area contributed by atoms with E-state index >= 15 is 0 Å². The highest BCUT2D eigenvalue weighted by atomic mass is 35.5. The third-order valence-electron chi connectivity index (χ3n) is 3.05. The number of rotatable bonds is 7. The van der Waals surface area contributed by atoms with Crippen LogP contribution in [-0.2, 0) is 11.2 Å². The number of amides is 1. The fourth-order valence-electron chi connectivity index (χ4n) is 1.63. The highest BCUT2D eigenvalue weighted by Gasteiger charge is 2.23. The van der Waals surface area contributed by atoms with Crippen molar-refractivity contribution in [2.24, 2.45) is 0 Å². The molecule has 0 radical (unpaired) electrons. The molecule has 0 aromatic carbocycles. The van der Waals surface area contributed by atoms with E-state index < -0.39 is 0 Å². The second-order valence-electron chi connectivity index (χ2n) is 4.48. The molecule has 1 atom stereocenters. The number of hydrogen-bond acceptors (Lipinski definition) is 2. The summed E-state index contributed by atoms with van der Waals surface area (Å²) in [5.41, 5.74) is -0.192. The summed E-state index contributed by atoms with van der Waals surface area (Å²) in [6.07, 6.45) is 4.38. The van der Waals surface area contributed by atoms with Crippen molar-refractivity contribution < 1.29 is 9.21 Å². The Hall–Kier alpha value is -0.960. The van der Waals surface area contributed by atoms with Gasteiger partial charge in [-0.1, -0.05) is 6.92 Å². The van der Waals surface area contributed by atoms with E-state index in [1.165, 1.54) is 0 Å². The quantitative estimate of drug-likeness (QED) is 0.763. The monoisotopic (exact) mass is 257 g/mol. The molecule has 0 aliphatic carbocycles. The largest absolute Gasteiger partial charge is 0.469 e. The van der Waals surface area contributed by atoms with Crippen molar-refractivity contribution in [2.45, 2.75) is 45.1 Å². The Labute approximate surface area is 108 Å². The Balaban J connectivity index is 2.37. The summed E-state index contributed by atoms with van der Waals surface area (Å²) in [5.74, 6) is 1.45. The minimum absolute atomic E-state index is 0.0517. The number of hydrogen-bond donors (Lipinski definition) is 1. The predicted molar refractivity (Wildman–Crippen MR) is 69.2 cm³/mol. The lowest BCUT2D eigenvalue weighted by atomic mass is 9.95. The van der Waals surface area contributed by atoms with E-state index in [0.717, 1.165) is 18.6 Å². The van der Waals surface area contributed by atoms with Crippen LogP contribution >= 0.6 is 11.6 Å². The average Bonchev–Trinajstić information content (AvgIpc) is 2.79. The summed E-state index contributed by atoms with van der Waals surface area (Å²) in [5, 5.41) is 3.04. The lowest BCUT2D eigenvalue weighted by Crippen LogP contribution is -2.45. The molecular formula is C13H20ClNO2. The lowest BCUT2D eigenvalue weighted by Gasteiger charge is -2.28. The molecule has 1 N–H and O–H groups in total. The zero-order valence-corrected chi connectivity index (χ0v) is 11.2. The van der Waals surface area contributed by atoms with Crippen LogP contribution in [0.1, 0.15) is 38.9 Å². The molecule has 1 unspecified atom stereocenters. The molecule has 4 heteroatoms. The molecule has 0 fully saturated rings. The Kier molecular flexibility index (Phi) is 5.56. The van der Waals surface area contributed by atoms with Gasteiger partial charge in [0.15, 0.2) is 0 Å². The van der Waals surface area contributed by atoms with E-state index in [2.05, 4.69) is 12.2 Å². The molecule has 0 saturated carbocycles. The molecule has 1 amide bonds. The molecule has 0 spiro atoms. The Morgan fingerprint density at radius 1 is 1.59 bits per heavy atom. The maximum Gasteiger partial charge on any atom is 0.220 e. The van der Waals surface area contributed by atoms with Gasteiger partial charge in [-0.3, -0.25) is 4.79 Å². The fraction of sp³-hybridized carbons (Fsp3) is 0.615. The van der Waals surface area contributed by atoms with Crippen molar-refractivity contribution in [3.05, 3.63) is 24.2 Å². The van der Waals surface area contributed by atoms with E-state index in [-0.39, 0.29) is 11.4 Å². The van der Waals surface area contributed by atoms with Crippen LogP contribution in [0, 0.1) is 0 Å². The average molecular weight is 258 g/mol. The van der Waals surface area contributed by atoms with E-state index in [4.69, 9.17) is 16.0 Å². The smallest absolute Gasteiger partial charge is 0.220 e. The lowest BCUT2D eigenvalue weighted by molar-refractivity contribution is -0.123. The van der Waals surface area contributed by atoms with E-state index in [0.29, 0.717) is 18.7 Å². The number of alkyl halides is 1.